The third-order valence-electron chi connectivity index (χ3n) is 4.79. The van der Waals surface area contributed by atoms with Crippen LogP contribution in [0, 0.1) is 6.92 Å². The second kappa shape index (κ2) is 6.22. The Morgan fingerprint density at radius 1 is 1.25 bits per heavy atom. The molecule has 1 saturated heterocycles. The van der Waals surface area contributed by atoms with Gasteiger partial charge in [-0.3, -0.25) is 4.79 Å². The first-order chi connectivity index (χ1) is 11.3. The Hall–Kier alpha value is -1.86. The molecule has 1 amide bonds. The van der Waals surface area contributed by atoms with Gasteiger partial charge in [-0.2, -0.15) is 0 Å². The zero-order chi connectivity index (χ0) is 17.5. The van der Waals surface area contributed by atoms with Crippen LogP contribution in [0.2, 0.25) is 0 Å². The number of aliphatic carboxylic acids is 1. The van der Waals surface area contributed by atoms with Gasteiger partial charge in [0.2, 0.25) is 5.91 Å². The van der Waals surface area contributed by atoms with Crippen molar-refractivity contribution in [3.05, 3.63) is 34.4 Å². The van der Waals surface area contributed by atoms with Crippen LogP contribution < -0.4 is 0 Å². The molecule has 1 fully saturated rings. The lowest BCUT2D eigenvalue weighted by Crippen LogP contribution is -2.51. The molecule has 3 rings (SSSR count). The molecule has 1 aliphatic rings. The number of carboxylic acid groups (broad SMARTS) is 1. The van der Waals surface area contributed by atoms with E-state index in [1.165, 1.54) is 0 Å². The van der Waals surface area contributed by atoms with E-state index in [2.05, 4.69) is 15.9 Å². The number of rotatable bonds is 3. The monoisotopic (exact) mass is 394 g/mol. The fourth-order valence-electron chi connectivity index (χ4n) is 3.17. The van der Waals surface area contributed by atoms with Gasteiger partial charge in [-0.1, -0.05) is 18.2 Å². The molecule has 2 heterocycles. The van der Waals surface area contributed by atoms with Crippen molar-refractivity contribution in [2.24, 2.45) is 0 Å². The number of para-hydroxylation sites is 1. The highest BCUT2D eigenvalue weighted by Crippen LogP contribution is 2.30. The first kappa shape index (κ1) is 17.0. The van der Waals surface area contributed by atoms with Gasteiger partial charge in [-0.05, 0) is 28.9 Å². The topological polar surface area (TPSA) is 82.8 Å². The number of carboxylic acids is 1. The molecule has 0 bridgehead atoms. The van der Waals surface area contributed by atoms with E-state index >= 15 is 0 Å². The van der Waals surface area contributed by atoms with Crippen molar-refractivity contribution in [3.63, 3.8) is 0 Å². The maximum atomic E-state index is 12.6. The van der Waals surface area contributed by atoms with Crippen LogP contribution in [0.1, 0.15) is 18.5 Å². The Labute approximate surface area is 147 Å². The Balaban J connectivity index is 1.77. The van der Waals surface area contributed by atoms with Crippen LogP contribution in [0.25, 0.3) is 10.9 Å². The number of carbonyl (C=O) groups is 2. The predicted molar refractivity (Wildman–Crippen MR) is 92.8 cm³/mol. The van der Waals surface area contributed by atoms with Gasteiger partial charge in [0, 0.05) is 47.0 Å². The zero-order valence-corrected chi connectivity index (χ0v) is 14.9. The van der Waals surface area contributed by atoms with E-state index in [0.29, 0.717) is 0 Å². The number of nitrogens with zero attached hydrogens (tertiary/aromatic N) is 2. The fraction of sp³-hybridized carbons (Fsp3) is 0.412. The molecule has 6 nitrogen and oxygen atoms in total. The lowest BCUT2D eigenvalue weighted by Gasteiger charge is -2.35. The van der Waals surface area contributed by atoms with Gasteiger partial charge in [0.1, 0.15) is 6.54 Å². The third-order valence-corrected chi connectivity index (χ3v) is 5.79. The highest BCUT2D eigenvalue weighted by atomic mass is 79.9. The largest absolute Gasteiger partial charge is 0.479 e. The molecule has 128 valence electrons. The lowest BCUT2D eigenvalue weighted by molar-refractivity contribution is -0.165. The molecule has 2 aromatic rings. The van der Waals surface area contributed by atoms with E-state index in [0.717, 1.165) is 21.1 Å². The molecule has 1 aromatic carbocycles. The number of piperidine rings is 1. The van der Waals surface area contributed by atoms with Gasteiger partial charge >= 0.3 is 5.97 Å². The molecule has 24 heavy (non-hydrogen) atoms. The van der Waals surface area contributed by atoms with Gasteiger partial charge in [0.05, 0.1) is 0 Å². The predicted octanol–water partition coefficient (Wildman–Crippen LogP) is 2.15. The number of amides is 1. The Kier molecular flexibility index (Phi) is 4.40. The van der Waals surface area contributed by atoms with Gasteiger partial charge < -0.3 is 19.7 Å². The van der Waals surface area contributed by atoms with E-state index in [4.69, 9.17) is 5.11 Å². The average Bonchev–Trinajstić information content (AvgIpc) is 2.81. The summed E-state index contributed by atoms with van der Waals surface area (Å²) in [7, 11) is 0. The minimum Gasteiger partial charge on any atom is -0.479 e. The molecule has 1 aromatic heterocycles. The summed E-state index contributed by atoms with van der Waals surface area (Å²) >= 11 is 3.57. The van der Waals surface area contributed by atoms with E-state index in [1.807, 2.05) is 35.8 Å². The number of hydrogen-bond acceptors (Lipinski definition) is 3. The maximum absolute atomic E-state index is 12.6. The van der Waals surface area contributed by atoms with E-state index in [-0.39, 0.29) is 38.4 Å². The zero-order valence-electron chi connectivity index (χ0n) is 13.3. The van der Waals surface area contributed by atoms with Crippen LogP contribution in [0.4, 0.5) is 0 Å². The summed E-state index contributed by atoms with van der Waals surface area (Å²) in [6.07, 6.45) is 0.117. The average molecular weight is 395 g/mol. The van der Waals surface area contributed by atoms with Crippen molar-refractivity contribution in [2.45, 2.75) is 31.9 Å². The molecular weight excluding hydrogens is 376 g/mol. The Morgan fingerprint density at radius 3 is 2.50 bits per heavy atom. The van der Waals surface area contributed by atoms with Gasteiger partial charge in [0.25, 0.3) is 0 Å². The number of hydrogen-bond donors (Lipinski definition) is 2. The van der Waals surface area contributed by atoms with Crippen molar-refractivity contribution in [2.75, 3.05) is 13.1 Å². The van der Waals surface area contributed by atoms with E-state index in [9.17, 15) is 14.7 Å². The molecule has 1 aliphatic heterocycles. The Morgan fingerprint density at radius 2 is 1.88 bits per heavy atom. The quantitative estimate of drug-likeness (QED) is 0.835. The molecule has 0 spiro atoms. The van der Waals surface area contributed by atoms with Crippen LogP contribution in [0.5, 0.6) is 0 Å². The number of aliphatic hydroxyl groups is 1. The molecule has 0 saturated carbocycles. The van der Waals surface area contributed by atoms with Crippen LogP contribution in [-0.2, 0) is 16.1 Å². The van der Waals surface area contributed by atoms with Crippen LogP contribution in [-0.4, -0.2) is 50.2 Å². The smallest absolute Gasteiger partial charge is 0.335 e. The fourth-order valence-corrected chi connectivity index (χ4v) is 3.72. The minimum absolute atomic E-state index is 0.0587. The van der Waals surface area contributed by atoms with Crippen LogP contribution >= 0.6 is 15.9 Å². The summed E-state index contributed by atoms with van der Waals surface area (Å²) in [5, 5.41) is 20.1. The van der Waals surface area contributed by atoms with Gasteiger partial charge in [0.15, 0.2) is 5.60 Å². The van der Waals surface area contributed by atoms with E-state index < -0.39 is 11.6 Å². The molecule has 0 unspecified atom stereocenters. The summed E-state index contributed by atoms with van der Waals surface area (Å²) in [5.41, 5.74) is 0.244. The van der Waals surface area contributed by atoms with Crippen LogP contribution in [0.3, 0.4) is 0 Å². The van der Waals surface area contributed by atoms with E-state index in [1.54, 1.807) is 4.90 Å². The Bertz CT molecular complexity index is 806. The van der Waals surface area contributed by atoms with Crippen molar-refractivity contribution in [1.82, 2.24) is 9.47 Å². The minimum atomic E-state index is -1.71. The maximum Gasteiger partial charge on any atom is 0.335 e. The molecular formula is C17H19BrN2O4. The van der Waals surface area contributed by atoms with Crippen molar-refractivity contribution in [1.29, 1.82) is 0 Å². The second-order valence-electron chi connectivity index (χ2n) is 6.22. The molecule has 0 atom stereocenters. The lowest BCUT2D eigenvalue weighted by atomic mass is 9.91. The molecule has 7 heteroatoms. The van der Waals surface area contributed by atoms with Gasteiger partial charge in [-0.15, -0.1) is 0 Å². The number of halogens is 1. The summed E-state index contributed by atoms with van der Waals surface area (Å²) < 4.78 is 2.93. The summed E-state index contributed by atoms with van der Waals surface area (Å²) in [6.45, 7) is 2.66. The van der Waals surface area contributed by atoms with Crippen molar-refractivity contribution >= 4 is 38.7 Å². The normalized spacial score (nSPS) is 17.2. The highest BCUT2D eigenvalue weighted by molar-refractivity contribution is 9.10. The molecule has 0 radical (unpaired) electrons. The first-order valence-electron chi connectivity index (χ1n) is 7.80. The standard InChI is InChI=1S/C17H19BrN2O4/c1-11-15(18)12-4-2-3-5-13(12)20(11)10-14(21)19-8-6-17(24,7-9-19)16(22)23/h2-5,24H,6-10H2,1H3,(H,22,23). The third kappa shape index (κ3) is 2.82. The second-order valence-corrected chi connectivity index (χ2v) is 7.01. The summed E-state index contributed by atoms with van der Waals surface area (Å²) in [4.78, 5) is 25.3. The van der Waals surface area contributed by atoms with Gasteiger partial charge in [-0.25, -0.2) is 4.79 Å². The molecule has 0 aliphatic carbocycles. The number of benzene rings is 1. The number of aromatic nitrogens is 1. The van der Waals surface area contributed by atoms with Crippen molar-refractivity contribution in [3.8, 4) is 0 Å². The summed E-state index contributed by atoms with van der Waals surface area (Å²) in [6, 6.07) is 7.86. The SMILES string of the molecule is Cc1c(Br)c2ccccc2n1CC(=O)N1CCC(O)(C(=O)O)CC1. The first-order valence-corrected chi connectivity index (χ1v) is 8.59. The highest BCUT2D eigenvalue weighted by Gasteiger charge is 2.40. The number of fused-ring (bicyclic) bond motifs is 1. The molecule has 2 N–H and O–H groups in total. The summed E-state index contributed by atoms with van der Waals surface area (Å²) in [5.74, 6) is -1.29. The number of carbonyl (C=O) groups excluding carboxylic acids is 1. The van der Waals surface area contributed by atoms with Crippen LogP contribution in [0.15, 0.2) is 28.7 Å². The van der Waals surface area contributed by atoms with Crippen molar-refractivity contribution < 1.29 is 19.8 Å². The number of likely N-dealkylation sites (tertiary alicyclic amines) is 1.